The average molecular weight is 226 g/mol. The molecule has 2 amide bonds. The Bertz CT molecular complexity index is 242. The third kappa shape index (κ3) is 10.5. The van der Waals surface area contributed by atoms with Crippen LogP contribution in [0.5, 0.6) is 0 Å². The molecule has 0 aromatic heterocycles. The maximum absolute atomic E-state index is 10.5. The van der Waals surface area contributed by atoms with Crippen molar-refractivity contribution in [2.24, 2.45) is 0 Å². The molecule has 0 rings (SSSR count). The zero-order valence-electron chi connectivity index (χ0n) is 10.6. The first-order chi connectivity index (χ1) is 7.36. The minimum atomic E-state index is -0.0625. The van der Waals surface area contributed by atoms with Crippen LogP contribution in [-0.4, -0.2) is 24.9 Å². The summed E-state index contributed by atoms with van der Waals surface area (Å²) in [6.07, 6.45) is 0. The van der Waals surface area contributed by atoms with Crippen molar-refractivity contribution in [2.75, 3.05) is 13.1 Å². The van der Waals surface area contributed by atoms with E-state index in [-0.39, 0.29) is 11.8 Å². The van der Waals surface area contributed by atoms with Gasteiger partial charge in [-0.25, -0.2) is 0 Å². The highest BCUT2D eigenvalue weighted by atomic mass is 16.2. The molecule has 0 heterocycles. The van der Waals surface area contributed by atoms with Gasteiger partial charge in [-0.15, -0.1) is 0 Å². The van der Waals surface area contributed by atoms with Crippen LogP contribution in [-0.2, 0) is 9.59 Å². The Morgan fingerprint density at radius 2 is 1.12 bits per heavy atom. The van der Waals surface area contributed by atoms with E-state index in [2.05, 4.69) is 23.8 Å². The van der Waals surface area contributed by atoms with Crippen molar-refractivity contribution in [2.45, 2.75) is 27.7 Å². The van der Waals surface area contributed by atoms with Gasteiger partial charge in [-0.3, -0.25) is 9.59 Å². The van der Waals surface area contributed by atoms with Gasteiger partial charge in [-0.2, -0.15) is 0 Å². The largest absolute Gasteiger partial charge is 0.353 e. The molecule has 0 aromatic rings. The molecule has 0 aliphatic carbocycles. The summed E-state index contributed by atoms with van der Waals surface area (Å²) in [5.41, 5.74) is 1.12. The SMILES string of the molecule is C=C(C)C(=O)NCC.C=C(C)C(=O)NCC. The highest BCUT2D eigenvalue weighted by molar-refractivity contribution is 5.92. The molecule has 0 aliphatic heterocycles. The van der Waals surface area contributed by atoms with E-state index < -0.39 is 0 Å². The molecule has 0 aromatic carbocycles. The van der Waals surface area contributed by atoms with Crippen LogP contribution in [0.4, 0.5) is 0 Å². The number of likely N-dealkylation sites (N-methyl/N-ethyl adjacent to an activating group) is 2. The van der Waals surface area contributed by atoms with E-state index in [0.717, 1.165) is 0 Å². The normalized spacial score (nSPS) is 8.25. The summed E-state index contributed by atoms with van der Waals surface area (Å²) in [5.74, 6) is -0.125. The minimum absolute atomic E-state index is 0.0625. The fraction of sp³-hybridized carbons (Fsp3) is 0.500. The number of nitrogens with one attached hydrogen (secondary N) is 2. The van der Waals surface area contributed by atoms with Crippen LogP contribution in [0.2, 0.25) is 0 Å². The fourth-order valence-electron chi connectivity index (χ4n) is 0.623. The van der Waals surface area contributed by atoms with Crippen molar-refractivity contribution in [1.82, 2.24) is 10.6 Å². The van der Waals surface area contributed by atoms with E-state index in [0.29, 0.717) is 24.2 Å². The molecule has 0 aliphatic rings. The maximum atomic E-state index is 10.5. The van der Waals surface area contributed by atoms with Gasteiger partial charge in [-0.1, -0.05) is 13.2 Å². The first-order valence-electron chi connectivity index (χ1n) is 5.24. The topological polar surface area (TPSA) is 58.2 Å². The molecule has 0 radical (unpaired) electrons. The van der Waals surface area contributed by atoms with Crippen LogP contribution in [0.15, 0.2) is 24.3 Å². The highest BCUT2D eigenvalue weighted by Crippen LogP contribution is 1.83. The molecular formula is C12H22N2O2. The van der Waals surface area contributed by atoms with Gasteiger partial charge in [0.25, 0.3) is 0 Å². The van der Waals surface area contributed by atoms with Gasteiger partial charge in [0.1, 0.15) is 0 Å². The Balaban J connectivity index is 0. The predicted octanol–water partition coefficient (Wildman–Crippen LogP) is 1.40. The van der Waals surface area contributed by atoms with Crippen molar-refractivity contribution < 1.29 is 9.59 Å². The second-order valence-corrected chi connectivity index (χ2v) is 3.28. The monoisotopic (exact) mass is 226 g/mol. The first kappa shape index (κ1) is 16.8. The summed E-state index contributed by atoms with van der Waals surface area (Å²) < 4.78 is 0. The van der Waals surface area contributed by atoms with Crippen LogP contribution < -0.4 is 10.6 Å². The number of hydrogen-bond acceptors (Lipinski definition) is 2. The zero-order valence-corrected chi connectivity index (χ0v) is 10.6. The number of carbonyl (C=O) groups is 2. The molecule has 0 spiro atoms. The number of carbonyl (C=O) groups excluding carboxylic acids is 2. The Morgan fingerprint density at radius 3 is 1.19 bits per heavy atom. The predicted molar refractivity (Wildman–Crippen MR) is 67.0 cm³/mol. The summed E-state index contributed by atoms with van der Waals surface area (Å²) >= 11 is 0. The van der Waals surface area contributed by atoms with Gasteiger partial charge in [0.15, 0.2) is 0 Å². The van der Waals surface area contributed by atoms with Crippen LogP contribution in [0, 0.1) is 0 Å². The number of amides is 2. The summed E-state index contributed by atoms with van der Waals surface area (Å²) in [7, 11) is 0. The second kappa shape index (κ2) is 9.96. The third-order valence-corrected chi connectivity index (χ3v) is 1.45. The van der Waals surface area contributed by atoms with E-state index in [1.165, 1.54) is 0 Å². The Morgan fingerprint density at radius 1 is 0.875 bits per heavy atom. The second-order valence-electron chi connectivity index (χ2n) is 3.28. The molecule has 0 fully saturated rings. The molecule has 4 nitrogen and oxygen atoms in total. The molecule has 0 bridgehead atoms. The molecule has 0 saturated carbocycles. The quantitative estimate of drug-likeness (QED) is 0.712. The number of rotatable bonds is 4. The Hall–Kier alpha value is -1.58. The van der Waals surface area contributed by atoms with Crippen molar-refractivity contribution in [3.05, 3.63) is 24.3 Å². The Kier molecular flexibility index (Phi) is 10.5. The fourth-order valence-corrected chi connectivity index (χ4v) is 0.623. The van der Waals surface area contributed by atoms with Crippen molar-refractivity contribution in [3.63, 3.8) is 0 Å². The third-order valence-electron chi connectivity index (χ3n) is 1.45. The van der Waals surface area contributed by atoms with Crippen LogP contribution >= 0.6 is 0 Å². The molecule has 4 heteroatoms. The molecular weight excluding hydrogens is 204 g/mol. The number of hydrogen-bond donors (Lipinski definition) is 2. The molecule has 2 N–H and O–H groups in total. The van der Waals surface area contributed by atoms with Crippen molar-refractivity contribution in [3.8, 4) is 0 Å². The molecule has 16 heavy (non-hydrogen) atoms. The van der Waals surface area contributed by atoms with E-state index in [1.807, 2.05) is 13.8 Å². The average Bonchev–Trinajstić information content (AvgIpc) is 2.19. The highest BCUT2D eigenvalue weighted by Gasteiger charge is 1.95. The van der Waals surface area contributed by atoms with E-state index in [1.54, 1.807) is 13.8 Å². The van der Waals surface area contributed by atoms with Crippen LogP contribution in [0.3, 0.4) is 0 Å². The smallest absolute Gasteiger partial charge is 0.246 e. The van der Waals surface area contributed by atoms with Gasteiger partial charge < -0.3 is 10.6 Å². The van der Waals surface area contributed by atoms with Crippen molar-refractivity contribution >= 4 is 11.8 Å². The first-order valence-corrected chi connectivity index (χ1v) is 5.24. The lowest BCUT2D eigenvalue weighted by atomic mass is 10.3. The molecule has 92 valence electrons. The van der Waals surface area contributed by atoms with Gasteiger partial charge in [0.05, 0.1) is 0 Å². The molecule has 0 atom stereocenters. The van der Waals surface area contributed by atoms with E-state index >= 15 is 0 Å². The van der Waals surface area contributed by atoms with Gasteiger partial charge in [-0.05, 0) is 27.7 Å². The lowest BCUT2D eigenvalue weighted by Gasteiger charge is -1.97. The maximum Gasteiger partial charge on any atom is 0.246 e. The van der Waals surface area contributed by atoms with Gasteiger partial charge in [0.2, 0.25) is 11.8 Å². The molecule has 0 saturated heterocycles. The minimum Gasteiger partial charge on any atom is -0.353 e. The van der Waals surface area contributed by atoms with Crippen LogP contribution in [0.1, 0.15) is 27.7 Å². The van der Waals surface area contributed by atoms with Crippen LogP contribution in [0.25, 0.3) is 0 Å². The summed E-state index contributed by atoms with van der Waals surface area (Å²) in [6, 6.07) is 0. The summed E-state index contributed by atoms with van der Waals surface area (Å²) in [6.45, 7) is 15.4. The van der Waals surface area contributed by atoms with Gasteiger partial charge >= 0.3 is 0 Å². The van der Waals surface area contributed by atoms with Gasteiger partial charge in [0, 0.05) is 24.2 Å². The van der Waals surface area contributed by atoms with E-state index in [9.17, 15) is 9.59 Å². The lowest BCUT2D eigenvalue weighted by Crippen LogP contribution is -2.22. The zero-order chi connectivity index (χ0) is 13.1. The summed E-state index contributed by atoms with van der Waals surface area (Å²) in [4.78, 5) is 21.1. The van der Waals surface area contributed by atoms with E-state index in [4.69, 9.17) is 0 Å². The summed E-state index contributed by atoms with van der Waals surface area (Å²) in [5, 5.41) is 5.21. The standard InChI is InChI=1S/2C6H11NO/c2*1-4-7-6(8)5(2)3/h2*2,4H2,1,3H3,(H,7,8). The van der Waals surface area contributed by atoms with Crippen molar-refractivity contribution in [1.29, 1.82) is 0 Å². The molecule has 0 unspecified atom stereocenters. The lowest BCUT2D eigenvalue weighted by molar-refractivity contribution is -0.118. The Labute approximate surface area is 97.8 Å².